The van der Waals surface area contributed by atoms with Gasteiger partial charge in [-0.25, -0.2) is 14.0 Å². The second kappa shape index (κ2) is 19.6. The number of hydrogen-bond donors (Lipinski definition) is 1. The van der Waals surface area contributed by atoms with Crippen molar-refractivity contribution in [2.45, 2.75) is 129 Å². The largest absolute Gasteiger partial charge is 0.463 e. The summed E-state index contributed by atoms with van der Waals surface area (Å²) in [5.41, 5.74) is -2.96. The van der Waals surface area contributed by atoms with E-state index in [0.717, 1.165) is 5.57 Å². The van der Waals surface area contributed by atoms with Crippen molar-refractivity contribution in [2.75, 3.05) is 54.5 Å². The second-order valence-corrected chi connectivity index (χ2v) is 18.0. The number of cyclic esters (lactones) is 1. The zero-order chi connectivity index (χ0) is 44.0. The lowest BCUT2D eigenvalue weighted by atomic mass is 9.78. The number of methoxy groups -OCH3 is 1. The first-order valence-electron chi connectivity index (χ1n) is 20.3. The van der Waals surface area contributed by atoms with Gasteiger partial charge in [0.1, 0.15) is 23.7 Å². The van der Waals surface area contributed by atoms with Crippen LogP contribution >= 0.6 is 0 Å². The maximum absolute atomic E-state index is 17.2. The van der Waals surface area contributed by atoms with Crippen LogP contribution in [0.25, 0.3) is 0 Å². The van der Waals surface area contributed by atoms with E-state index in [1.807, 2.05) is 44.8 Å². The number of carbonyl (C=O) groups is 5. The van der Waals surface area contributed by atoms with E-state index in [1.165, 1.54) is 25.9 Å². The molecule has 0 radical (unpaired) electrons. The van der Waals surface area contributed by atoms with Gasteiger partial charge in [-0.15, -0.1) is 0 Å². The number of benzene rings is 1. The number of nitrogens with zero attached hydrogens (tertiary/aromatic N) is 3. The van der Waals surface area contributed by atoms with Crippen molar-refractivity contribution in [3.8, 4) is 0 Å². The third kappa shape index (κ3) is 12.1. The zero-order valence-electron chi connectivity index (χ0n) is 36.7. The van der Waals surface area contributed by atoms with Crippen LogP contribution in [0.2, 0.25) is 0 Å². The van der Waals surface area contributed by atoms with Crippen LogP contribution in [-0.2, 0) is 42.8 Å². The van der Waals surface area contributed by atoms with Gasteiger partial charge in [0, 0.05) is 39.4 Å². The first kappa shape index (κ1) is 47.7. The number of rotatable bonds is 10. The minimum Gasteiger partial charge on any atom is -0.463 e. The number of ether oxygens (including phenoxy) is 6. The maximum atomic E-state index is 17.2. The third-order valence-electron chi connectivity index (χ3n) is 11.2. The smallest absolute Gasteiger partial charge is 0.407 e. The number of likely N-dealkylation sites (N-methyl/N-ethyl adjacent to an activating group) is 2. The van der Waals surface area contributed by atoms with Crippen molar-refractivity contribution < 1.29 is 56.8 Å². The van der Waals surface area contributed by atoms with Gasteiger partial charge in [0.25, 0.3) is 0 Å². The summed E-state index contributed by atoms with van der Waals surface area (Å²) in [4.78, 5) is 71.8. The molecular formula is C43H65FN4O11. The van der Waals surface area contributed by atoms with E-state index in [0.29, 0.717) is 18.5 Å². The fraction of sp³-hybridized carbons (Fsp3) is 0.698. The van der Waals surface area contributed by atoms with Crippen LogP contribution in [0.1, 0.15) is 85.0 Å². The van der Waals surface area contributed by atoms with Crippen molar-refractivity contribution in [1.82, 2.24) is 20.0 Å². The van der Waals surface area contributed by atoms with E-state index in [1.54, 1.807) is 64.2 Å². The lowest BCUT2D eigenvalue weighted by molar-refractivity contribution is -0.296. The number of hydrogen-bond acceptors (Lipinski definition) is 13. The quantitative estimate of drug-likeness (QED) is 0.199. The first-order valence-corrected chi connectivity index (χ1v) is 20.3. The molecule has 59 heavy (non-hydrogen) atoms. The molecular weight excluding hydrogens is 767 g/mol. The van der Waals surface area contributed by atoms with Gasteiger partial charge in [-0.3, -0.25) is 19.3 Å². The van der Waals surface area contributed by atoms with Gasteiger partial charge in [-0.2, -0.15) is 0 Å². The van der Waals surface area contributed by atoms with Gasteiger partial charge in [0.05, 0.1) is 29.4 Å². The molecule has 1 N–H and O–H groups in total. The van der Waals surface area contributed by atoms with Gasteiger partial charge < -0.3 is 43.5 Å². The van der Waals surface area contributed by atoms with Crippen molar-refractivity contribution in [3.05, 3.63) is 47.7 Å². The molecule has 3 aliphatic heterocycles. The van der Waals surface area contributed by atoms with Crippen LogP contribution in [0, 0.1) is 11.3 Å². The summed E-state index contributed by atoms with van der Waals surface area (Å²) in [6, 6.07) is 7.59. The van der Waals surface area contributed by atoms with Crippen LogP contribution < -0.4 is 5.32 Å². The summed E-state index contributed by atoms with van der Waals surface area (Å²) in [5.74, 6) is -3.03. The van der Waals surface area contributed by atoms with E-state index in [9.17, 15) is 24.0 Å². The van der Waals surface area contributed by atoms with E-state index in [2.05, 4.69) is 5.32 Å². The van der Waals surface area contributed by atoms with Gasteiger partial charge in [0.15, 0.2) is 24.3 Å². The van der Waals surface area contributed by atoms with E-state index in [-0.39, 0.29) is 44.4 Å². The minimum atomic E-state index is -2.40. The Bertz CT molecular complexity index is 1680. The minimum absolute atomic E-state index is 0.0475. The molecule has 0 spiro atoms. The number of Topliss-reactive ketones (excluding diaryl/α,β-unsaturated/α-hetero) is 1. The molecule has 3 heterocycles. The zero-order valence-corrected chi connectivity index (χ0v) is 36.7. The van der Waals surface area contributed by atoms with Crippen LogP contribution in [0.5, 0.6) is 0 Å². The Morgan fingerprint density at radius 2 is 1.71 bits per heavy atom. The van der Waals surface area contributed by atoms with Crippen molar-refractivity contribution >= 4 is 29.7 Å². The molecule has 0 bridgehead atoms. The second-order valence-electron chi connectivity index (χ2n) is 18.0. The fourth-order valence-corrected chi connectivity index (χ4v) is 7.78. The Morgan fingerprint density at radius 1 is 1.07 bits per heavy atom. The fourth-order valence-electron chi connectivity index (χ4n) is 7.78. The summed E-state index contributed by atoms with van der Waals surface area (Å²) in [6.45, 7) is 13.9. The molecule has 2 saturated heterocycles. The average molecular weight is 833 g/mol. The summed E-state index contributed by atoms with van der Waals surface area (Å²) >= 11 is 0. The van der Waals surface area contributed by atoms with Crippen molar-refractivity contribution in [3.63, 3.8) is 0 Å². The highest BCUT2D eigenvalue weighted by molar-refractivity contribution is 6.05. The Labute approximate surface area is 348 Å². The number of halogens is 1. The average Bonchev–Trinajstić information content (AvgIpc) is 3.13. The van der Waals surface area contributed by atoms with Gasteiger partial charge in [-0.05, 0) is 106 Å². The van der Waals surface area contributed by atoms with E-state index in [4.69, 9.17) is 28.4 Å². The molecule has 1 aromatic rings. The van der Waals surface area contributed by atoms with Crippen molar-refractivity contribution in [2.24, 2.45) is 11.3 Å². The highest BCUT2D eigenvalue weighted by Crippen LogP contribution is 2.38. The number of nitrogens with one attached hydrogen (secondary N) is 1. The Morgan fingerprint density at radius 3 is 2.31 bits per heavy atom. The number of esters is 2. The van der Waals surface area contributed by atoms with Gasteiger partial charge in [-0.1, -0.05) is 25.1 Å². The molecule has 330 valence electrons. The molecule has 0 unspecified atom stereocenters. The molecule has 15 nitrogen and oxygen atoms in total. The van der Waals surface area contributed by atoms with E-state index >= 15 is 4.39 Å². The standard InChI is InChI=1S/C43H65FN4O11/c1-26-21-43(8,54-12)36(58-38-34(30(46(9)10)20-27(2)56-38)57-37(51)28-16-14-13-15-17-28)33(44)35(50)42(6,7)39(52)55-25-31(47(11)22-26)29-23-48(24-29)32(49)18-19-45-40(53)59-41(3,4)5/h13-17,23,26-27,30-31,33-34,36,38H,18-22,24-25H2,1-12H3,(H,45,53)/t26-,27-,30+,31+,33+,34-,36-,38+,43-/m1/s1. The monoisotopic (exact) mass is 832 g/mol. The molecule has 0 aromatic heterocycles. The first-order chi connectivity index (χ1) is 27.5. The SMILES string of the molecule is CO[C@]1(C)C[C@@H](C)CN(C)[C@H](C2=CN(C(=O)CCNC(=O)OC(C)(C)C)C2)COC(=O)C(C)(C)C(=O)[C@H](F)[C@H]1O[C@@H]1O[C@H](C)C[C@H](N(C)C)[C@H]1OC(=O)c1ccccc1. The molecule has 1 aromatic carbocycles. The van der Waals surface area contributed by atoms with Crippen LogP contribution in [0.3, 0.4) is 0 Å². The number of alkyl carbamates (subject to hydrolysis) is 1. The number of alkyl halides is 1. The Kier molecular flexibility index (Phi) is 15.9. The van der Waals surface area contributed by atoms with Crippen LogP contribution in [-0.4, -0.2) is 153 Å². The molecule has 0 saturated carbocycles. The summed E-state index contributed by atoms with van der Waals surface area (Å²) in [7, 11) is 6.95. The third-order valence-corrected chi connectivity index (χ3v) is 11.2. The lowest BCUT2D eigenvalue weighted by Gasteiger charge is -2.47. The molecule has 16 heteroatoms. The van der Waals surface area contributed by atoms with Crippen molar-refractivity contribution in [1.29, 1.82) is 0 Å². The summed E-state index contributed by atoms with van der Waals surface area (Å²) < 4.78 is 53.2. The number of ketones is 1. The lowest BCUT2D eigenvalue weighted by Crippen LogP contribution is -2.61. The normalized spacial score (nSPS) is 31.1. The molecule has 0 aliphatic carbocycles. The van der Waals surface area contributed by atoms with Crippen LogP contribution in [0.15, 0.2) is 42.1 Å². The Balaban J connectivity index is 1.60. The topological polar surface area (TPSA) is 162 Å². The molecule has 3 aliphatic rings. The highest BCUT2D eigenvalue weighted by atomic mass is 19.1. The number of carbonyl (C=O) groups excluding carboxylic acids is 5. The molecule has 9 atom stereocenters. The molecule has 2 amide bonds. The summed E-state index contributed by atoms with van der Waals surface area (Å²) in [5, 5.41) is 2.59. The van der Waals surface area contributed by atoms with Crippen LogP contribution in [0.4, 0.5) is 9.18 Å². The molecule has 4 rings (SSSR count). The van der Waals surface area contributed by atoms with E-state index < -0.39 is 83.3 Å². The molecule has 2 fully saturated rings. The van der Waals surface area contributed by atoms with Gasteiger partial charge >= 0.3 is 18.0 Å². The Hall–Kier alpha value is -3.96. The predicted molar refractivity (Wildman–Crippen MR) is 216 cm³/mol. The maximum Gasteiger partial charge on any atom is 0.407 e. The number of amides is 2. The predicted octanol–water partition coefficient (Wildman–Crippen LogP) is 4.53. The highest BCUT2D eigenvalue weighted by Gasteiger charge is 2.54. The summed E-state index contributed by atoms with van der Waals surface area (Å²) in [6.07, 6.45) is -4.96. The van der Waals surface area contributed by atoms with Gasteiger partial charge in [0.2, 0.25) is 5.91 Å².